The third kappa shape index (κ3) is 3.56. The maximum atomic E-state index is 5.34. The average Bonchev–Trinajstić information content (AvgIpc) is 2.42. The van der Waals surface area contributed by atoms with Gasteiger partial charge in [0.15, 0.2) is 0 Å². The van der Waals surface area contributed by atoms with Crippen LogP contribution in [-0.2, 0) is 0 Å². The van der Waals surface area contributed by atoms with Gasteiger partial charge in [0.05, 0.1) is 12.2 Å². The maximum Gasteiger partial charge on any atom is 0.0598 e. The summed E-state index contributed by atoms with van der Waals surface area (Å²) >= 11 is 0. The van der Waals surface area contributed by atoms with Crippen LogP contribution in [0.15, 0.2) is 24.4 Å². The smallest absolute Gasteiger partial charge is 0.0598 e. The van der Waals surface area contributed by atoms with Crippen molar-refractivity contribution in [1.29, 1.82) is 0 Å². The van der Waals surface area contributed by atoms with Crippen LogP contribution in [0.25, 0.3) is 0 Å². The second-order valence-electron chi connectivity index (χ2n) is 4.90. The lowest BCUT2D eigenvalue weighted by Crippen LogP contribution is -2.43. The second-order valence-corrected chi connectivity index (χ2v) is 4.90. The van der Waals surface area contributed by atoms with Gasteiger partial charge in [0.2, 0.25) is 0 Å². The zero-order valence-corrected chi connectivity index (χ0v) is 11.0. The summed E-state index contributed by atoms with van der Waals surface area (Å²) in [7, 11) is 0. The monoisotopic (exact) mass is 243 g/mol. The Morgan fingerprint density at radius 3 is 2.89 bits per heavy atom. The van der Waals surface area contributed by atoms with E-state index in [1.54, 1.807) is 0 Å². The van der Waals surface area contributed by atoms with Gasteiger partial charge in [0, 0.05) is 31.4 Å². The molecule has 1 aliphatic heterocycles. The minimum Gasteiger partial charge on any atom is -0.306 e. The number of rotatable bonds is 4. The highest BCUT2D eigenvalue weighted by molar-refractivity contribution is 5.08. The van der Waals surface area contributed by atoms with E-state index in [9.17, 15) is 0 Å². The Bertz CT molecular complexity index is 388. The van der Waals surface area contributed by atoms with Gasteiger partial charge in [-0.15, -0.1) is 6.42 Å². The summed E-state index contributed by atoms with van der Waals surface area (Å²) in [6.07, 6.45) is 9.52. The van der Waals surface area contributed by atoms with E-state index < -0.39 is 0 Å². The van der Waals surface area contributed by atoms with E-state index >= 15 is 0 Å². The lowest BCUT2D eigenvalue weighted by Gasteiger charge is -2.32. The molecular formula is C15H21N3. The fourth-order valence-electron chi connectivity index (χ4n) is 2.46. The third-order valence-corrected chi connectivity index (χ3v) is 3.52. The van der Waals surface area contributed by atoms with Gasteiger partial charge in [-0.2, -0.15) is 0 Å². The molecule has 1 saturated heterocycles. The van der Waals surface area contributed by atoms with Crippen molar-refractivity contribution >= 4 is 0 Å². The first-order valence-electron chi connectivity index (χ1n) is 6.62. The van der Waals surface area contributed by atoms with Crippen LogP contribution in [0, 0.1) is 12.3 Å². The first-order valence-corrected chi connectivity index (χ1v) is 6.62. The molecule has 1 N–H and O–H groups in total. The van der Waals surface area contributed by atoms with E-state index in [1.165, 1.54) is 12.8 Å². The lowest BCUT2D eigenvalue weighted by molar-refractivity contribution is 0.210. The van der Waals surface area contributed by atoms with Crippen molar-refractivity contribution in [2.24, 2.45) is 0 Å². The van der Waals surface area contributed by atoms with Crippen molar-refractivity contribution < 1.29 is 0 Å². The van der Waals surface area contributed by atoms with E-state index in [0.29, 0.717) is 12.1 Å². The lowest BCUT2D eigenvalue weighted by atomic mass is 10.0. The molecular weight excluding hydrogens is 222 g/mol. The number of aromatic nitrogens is 1. The minimum atomic E-state index is 0.315. The number of terminal acetylenes is 1. The Morgan fingerprint density at radius 2 is 2.28 bits per heavy atom. The Kier molecular flexibility index (Phi) is 4.74. The van der Waals surface area contributed by atoms with Gasteiger partial charge in [-0.25, -0.2) is 0 Å². The highest BCUT2D eigenvalue weighted by atomic mass is 15.1. The average molecular weight is 243 g/mol. The van der Waals surface area contributed by atoms with Crippen LogP contribution in [-0.4, -0.2) is 35.6 Å². The van der Waals surface area contributed by atoms with Crippen LogP contribution < -0.4 is 5.32 Å². The van der Waals surface area contributed by atoms with Crippen molar-refractivity contribution in [3.05, 3.63) is 30.1 Å². The summed E-state index contributed by atoms with van der Waals surface area (Å²) in [6, 6.07) is 6.96. The molecule has 18 heavy (non-hydrogen) atoms. The Balaban J connectivity index is 1.80. The van der Waals surface area contributed by atoms with Gasteiger partial charge in [0.25, 0.3) is 0 Å². The van der Waals surface area contributed by atoms with Crippen molar-refractivity contribution in [2.45, 2.75) is 31.8 Å². The molecule has 0 aliphatic carbocycles. The van der Waals surface area contributed by atoms with Gasteiger partial charge in [-0.1, -0.05) is 12.0 Å². The zero-order chi connectivity index (χ0) is 12.8. The summed E-state index contributed by atoms with van der Waals surface area (Å²) in [5.41, 5.74) is 1.11. The van der Waals surface area contributed by atoms with E-state index in [1.807, 2.05) is 18.3 Å². The molecule has 0 radical (unpaired) electrons. The van der Waals surface area contributed by atoms with Gasteiger partial charge < -0.3 is 5.32 Å². The van der Waals surface area contributed by atoms with Crippen LogP contribution in [0.3, 0.4) is 0 Å². The molecule has 0 bridgehead atoms. The Labute approximate surface area is 110 Å². The standard InChI is InChI=1S/C15H21N3/c1-3-10-18-11-7-14(8-12-18)17-13(2)15-6-4-5-9-16-15/h1,4-6,9,13-14,17H,7-8,10-12H2,2H3/t13-/m0/s1. The van der Waals surface area contributed by atoms with E-state index in [4.69, 9.17) is 6.42 Å². The zero-order valence-electron chi connectivity index (χ0n) is 11.0. The predicted octanol–water partition coefficient (Wildman–Crippen LogP) is 1.83. The minimum absolute atomic E-state index is 0.315. The first kappa shape index (κ1) is 13.1. The molecule has 1 atom stereocenters. The molecule has 1 fully saturated rings. The molecule has 0 amide bonds. The number of likely N-dealkylation sites (tertiary alicyclic amines) is 1. The summed E-state index contributed by atoms with van der Waals surface area (Å²) in [6.45, 7) is 5.15. The summed E-state index contributed by atoms with van der Waals surface area (Å²) in [5.74, 6) is 2.71. The molecule has 96 valence electrons. The topological polar surface area (TPSA) is 28.2 Å². The van der Waals surface area contributed by atoms with Crippen molar-refractivity contribution in [3.8, 4) is 12.3 Å². The molecule has 2 heterocycles. The summed E-state index contributed by atoms with van der Waals surface area (Å²) in [5, 5.41) is 3.66. The Hall–Kier alpha value is -1.37. The highest BCUT2D eigenvalue weighted by Gasteiger charge is 2.20. The summed E-state index contributed by atoms with van der Waals surface area (Å²) in [4.78, 5) is 6.73. The van der Waals surface area contributed by atoms with Gasteiger partial charge in [-0.05, 0) is 31.9 Å². The maximum absolute atomic E-state index is 5.34. The highest BCUT2D eigenvalue weighted by Crippen LogP contribution is 2.15. The fraction of sp³-hybridized carbons (Fsp3) is 0.533. The van der Waals surface area contributed by atoms with Crippen LogP contribution in [0.1, 0.15) is 31.5 Å². The van der Waals surface area contributed by atoms with Crippen LogP contribution in [0.2, 0.25) is 0 Å². The predicted molar refractivity (Wildman–Crippen MR) is 74.1 cm³/mol. The molecule has 0 unspecified atom stereocenters. The SMILES string of the molecule is C#CCN1CCC(N[C@@H](C)c2ccccn2)CC1. The van der Waals surface area contributed by atoms with Gasteiger partial charge in [0.1, 0.15) is 0 Å². The Morgan fingerprint density at radius 1 is 1.50 bits per heavy atom. The number of hydrogen-bond donors (Lipinski definition) is 1. The molecule has 0 saturated carbocycles. The normalized spacial score (nSPS) is 19.3. The second kappa shape index (κ2) is 6.53. The molecule has 1 aromatic rings. The number of hydrogen-bond acceptors (Lipinski definition) is 3. The number of pyridine rings is 1. The van der Waals surface area contributed by atoms with Crippen molar-refractivity contribution in [3.63, 3.8) is 0 Å². The van der Waals surface area contributed by atoms with Crippen LogP contribution in [0.5, 0.6) is 0 Å². The molecule has 3 heteroatoms. The molecule has 0 aromatic carbocycles. The molecule has 3 nitrogen and oxygen atoms in total. The van der Waals surface area contributed by atoms with Gasteiger partial charge >= 0.3 is 0 Å². The number of nitrogens with zero attached hydrogens (tertiary/aromatic N) is 2. The van der Waals surface area contributed by atoms with Gasteiger partial charge in [-0.3, -0.25) is 9.88 Å². The summed E-state index contributed by atoms with van der Waals surface area (Å²) < 4.78 is 0. The van der Waals surface area contributed by atoms with E-state index in [-0.39, 0.29) is 0 Å². The van der Waals surface area contributed by atoms with Crippen LogP contribution in [0.4, 0.5) is 0 Å². The van der Waals surface area contributed by atoms with Crippen molar-refractivity contribution in [1.82, 2.24) is 15.2 Å². The largest absolute Gasteiger partial charge is 0.306 e. The number of piperidine rings is 1. The van der Waals surface area contributed by atoms with Crippen LogP contribution >= 0.6 is 0 Å². The first-order chi connectivity index (χ1) is 8.79. The molecule has 0 spiro atoms. The third-order valence-electron chi connectivity index (χ3n) is 3.52. The van der Waals surface area contributed by atoms with Crippen molar-refractivity contribution in [2.75, 3.05) is 19.6 Å². The molecule has 1 aromatic heterocycles. The van der Waals surface area contributed by atoms with E-state index in [2.05, 4.69) is 34.1 Å². The number of nitrogens with one attached hydrogen (secondary N) is 1. The quantitative estimate of drug-likeness (QED) is 0.818. The fourth-order valence-corrected chi connectivity index (χ4v) is 2.46. The van der Waals surface area contributed by atoms with E-state index in [0.717, 1.165) is 25.3 Å². The molecule has 1 aliphatic rings. The molecule has 2 rings (SSSR count).